The van der Waals surface area contributed by atoms with Crippen LogP contribution in [0.4, 0.5) is 10.1 Å². The number of likely N-dealkylation sites (N-methyl/N-ethyl adjacent to an activating group) is 1. The Bertz CT molecular complexity index is 1300. The molecule has 0 unspecified atom stereocenters. The van der Waals surface area contributed by atoms with E-state index in [9.17, 15) is 22.4 Å². The molecule has 0 aromatic heterocycles. The van der Waals surface area contributed by atoms with Crippen molar-refractivity contribution in [2.45, 2.75) is 38.3 Å². The highest BCUT2D eigenvalue weighted by atomic mass is 32.2. The number of benzene rings is 3. The summed E-state index contributed by atoms with van der Waals surface area (Å²) in [5, 5.41) is 2.70. The summed E-state index contributed by atoms with van der Waals surface area (Å²) in [5.74, 6) is -1.37. The summed E-state index contributed by atoms with van der Waals surface area (Å²) in [6.07, 6.45) is 0. The first-order valence-electron chi connectivity index (χ1n) is 11.6. The largest absolute Gasteiger partial charge is 0.355 e. The summed E-state index contributed by atoms with van der Waals surface area (Å²) in [7, 11) is -4.10. The average molecular weight is 512 g/mol. The number of rotatable bonds is 10. The molecule has 0 heterocycles. The molecule has 0 aliphatic carbocycles. The van der Waals surface area contributed by atoms with Crippen LogP contribution in [0.5, 0.6) is 0 Å². The number of halogens is 1. The summed E-state index contributed by atoms with van der Waals surface area (Å²) in [6.45, 7) is 4.97. The minimum Gasteiger partial charge on any atom is -0.355 e. The second-order valence-electron chi connectivity index (χ2n) is 8.33. The van der Waals surface area contributed by atoms with Crippen LogP contribution >= 0.6 is 0 Å². The second kappa shape index (κ2) is 11.8. The van der Waals surface area contributed by atoms with Gasteiger partial charge in [0.15, 0.2) is 0 Å². The molecule has 0 saturated heterocycles. The molecule has 1 N–H and O–H groups in total. The van der Waals surface area contributed by atoms with Crippen molar-refractivity contribution < 1.29 is 22.4 Å². The Morgan fingerprint density at radius 3 is 2.17 bits per heavy atom. The summed E-state index contributed by atoms with van der Waals surface area (Å²) in [6, 6.07) is 19.5. The molecule has 2 amide bonds. The van der Waals surface area contributed by atoms with Gasteiger partial charge in [0.1, 0.15) is 18.4 Å². The van der Waals surface area contributed by atoms with Crippen molar-refractivity contribution in [2.24, 2.45) is 0 Å². The van der Waals surface area contributed by atoms with E-state index >= 15 is 0 Å². The van der Waals surface area contributed by atoms with E-state index in [2.05, 4.69) is 5.32 Å². The SMILES string of the molecule is CCNC(=O)[C@@H](C)N(Cc1ccc(F)cc1)C(=O)CN(c1ccccc1C)S(=O)(=O)c1ccccc1. The average Bonchev–Trinajstić information content (AvgIpc) is 2.87. The standard InChI is InChI=1S/C27H30FN3O4S/c1-4-29-27(33)21(3)30(18-22-14-16-23(28)17-15-22)26(32)19-31(25-13-9-8-10-20(25)2)36(34,35)24-11-6-5-7-12-24/h5-17,21H,4,18-19H2,1-3H3,(H,29,33)/t21-/m1/s1. The number of carbonyl (C=O) groups is 2. The molecule has 3 rings (SSSR count). The third-order valence-electron chi connectivity index (χ3n) is 5.78. The predicted molar refractivity (Wildman–Crippen MR) is 137 cm³/mol. The molecular formula is C27H30FN3O4S. The number of nitrogens with zero attached hydrogens (tertiary/aromatic N) is 2. The number of hydrogen-bond donors (Lipinski definition) is 1. The molecule has 0 bridgehead atoms. The van der Waals surface area contributed by atoms with Gasteiger partial charge < -0.3 is 10.2 Å². The zero-order valence-electron chi connectivity index (χ0n) is 20.5. The van der Waals surface area contributed by atoms with Crippen LogP contribution in [-0.4, -0.2) is 44.3 Å². The van der Waals surface area contributed by atoms with Crippen LogP contribution in [0.15, 0.2) is 83.8 Å². The first-order valence-corrected chi connectivity index (χ1v) is 13.0. The van der Waals surface area contributed by atoms with Crippen LogP contribution < -0.4 is 9.62 Å². The Morgan fingerprint density at radius 1 is 0.944 bits per heavy atom. The lowest BCUT2D eigenvalue weighted by Crippen LogP contribution is -2.51. The van der Waals surface area contributed by atoms with Crippen LogP contribution in [-0.2, 0) is 26.2 Å². The van der Waals surface area contributed by atoms with Crippen LogP contribution in [0.2, 0.25) is 0 Å². The number of aryl methyl sites for hydroxylation is 1. The van der Waals surface area contributed by atoms with E-state index in [0.717, 1.165) is 4.31 Å². The maximum absolute atomic E-state index is 13.7. The topological polar surface area (TPSA) is 86.8 Å². The van der Waals surface area contributed by atoms with Crippen molar-refractivity contribution in [3.8, 4) is 0 Å². The number of anilines is 1. The summed E-state index contributed by atoms with van der Waals surface area (Å²) in [5.41, 5.74) is 1.64. The Labute approximate surface area is 211 Å². The summed E-state index contributed by atoms with van der Waals surface area (Å²) >= 11 is 0. The number of carbonyl (C=O) groups excluding carboxylic acids is 2. The van der Waals surface area contributed by atoms with Crippen molar-refractivity contribution in [3.63, 3.8) is 0 Å². The van der Waals surface area contributed by atoms with Crippen LogP contribution in [0, 0.1) is 12.7 Å². The van der Waals surface area contributed by atoms with Gasteiger partial charge in [-0.3, -0.25) is 13.9 Å². The van der Waals surface area contributed by atoms with Crippen molar-refractivity contribution in [1.82, 2.24) is 10.2 Å². The monoisotopic (exact) mass is 511 g/mol. The molecule has 3 aromatic carbocycles. The third-order valence-corrected chi connectivity index (χ3v) is 7.55. The highest BCUT2D eigenvalue weighted by Crippen LogP contribution is 2.27. The zero-order chi connectivity index (χ0) is 26.3. The van der Waals surface area contributed by atoms with Crippen molar-refractivity contribution in [2.75, 3.05) is 17.4 Å². The van der Waals surface area contributed by atoms with Gasteiger partial charge in [0.2, 0.25) is 11.8 Å². The fourth-order valence-electron chi connectivity index (χ4n) is 3.77. The molecule has 0 aliphatic rings. The van der Waals surface area contributed by atoms with Gasteiger partial charge in [0.25, 0.3) is 10.0 Å². The van der Waals surface area contributed by atoms with Gasteiger partial charge in [-0.2, -0.15) is 0 Å². The second-order valence-corrected chi connectivity index (χ2v) is 10.2. The number of para-hydroxylation sites is 1. The fraction of sp³-hybridized carbons (Fsp3) is 0.259. The van der Waals surface area contributed by atoms with Gasteiger partial charge in [-0.1, -0.05) is 48.5 Å². The van der Waals surface area contributed by atoms with Gasteiger partial charge in [0, 0.05) is 13.1 Å². The molecule has 0 radical (unpaired) electrons. The minimum absolute atomic E-state index is 0.00438. The number of nitrogens with one attached hydrogen (secondary N) is 1. The molecule has 0 fully saturated rings. The molecule has 0 aliphatic heterocycles. The summed E-state index contributed by atoms with van der Waals surface area (Å²) in [4.78, 5) is 27.7. The lowest BCUT2D eigenvalue weighted by atomic mass is 10.1. The maximum Gasteiger partial charge on any atom is 0.264 e. The van der Waals surface area contributed by atoms with Gasteiger partial charge in [-0.25, -0.2) is 12.8 Å². The first-order chi connectivity index (χ1) is 17.1. The maximum atomic E-state index is 13.7. The molecule has 7 nitrogen and oxygen atoms in total. The van der Waals surface area contributed by atoms with Crippen molar-refractivity contribution in [1.29, 1.82) is 0 Å². The number of amides is 2. The smallest absolute Gasteiger partial charge is 0.264 e. The molecular weight excluding hydrogens is 481 g/mol. The highest BCUT2D eigenvalue weighted by molar-refractivity contribution is 7.92. The van der Waals surface area contributed by atoms with E-state index in [1.807, 2.05) is 0 Å². The van der Waals surface area contributed by atoms with E-state index in [0.29, 0.717) is 23.4 Å². The van der Waals surface area contributed by atoms with Gasteiger partial charge in [-0.05, 0) is 62.2 Å². The van der Waals surface area contributed by atoms with Gasteiger partial charge in [0.05, 0.1) is 10.6 Å². The Morgan fingerprint density at radius 2 is 1.56 bits per heavy atom. The Hall–Kier alpha value is -3.72. The van der Waals surface area contributed by atoms with Gasteiger partial charge >= 0.3 is 0 Å². The lowest BCUT2D eigenvalue weighted by molar-refractivity contribution is -0.139. The number of sulfonamides is 1. The lowest BCUT2D eigenvalue weighted by Gasteiger charge is -2.32. The van der Waals surface area contributed by atoms with E-state index < -0.39 is 34.3 Å². The van der Waals surface area contributed by atoms with E-state index in [4.69, 9.17) is 0 Å². The van der Waals surface area contributed by atoms with E-state index in [1.54, 1.807) is 63.2 Å². The van der Waals surface area contributed by atoms with E-state index in [1.165, 1.54) is 41.3 Å². The molecule has 36 heavy (non-hydrogen) atoms. The normalized spacial score (nSPS) is 12.0. The zero-order valence-corrected chi connectivity index (χ0v) is 21.3. The molecule has 9 heteroatoms. The quantitative estimate of drug-likeness (QED) is 0.448. The molecule has 0 saturated carbocycles. The van der Waals surface area contributed by atoms with Crippen molar-refractivity contribution in [3.05, 3.63) is 95.8 Å². The van der Waals surface area contributed by atoms with Crippen LogP contribution in [0.25, 0.3) is 0 Å². The molecule has 1 atom stereocenters. The molecule has 3 aromatic rings. The Balaban J connectivity index is 2.02. The minimum atomic E-state index is -4.10. The molecule has 0 spiro atoms. The predicted octanol–water partition coefficient (Wildman–Crippen LogP) is 3.88. The van der Waals surface area contributed by atoms with E-state index in [-0.39, 0.29) is 17.3 Å². The Kier molecular flexibility index (Phi) is 8.82. The van der Waals surface area contributed by atoms with Crippen LogP contribution in [0.1, 0.15) is 25.0 Å². The summed E-state index contributed by atoms with van der Waals surface area (Å²) < 4.78 is 41.9. The highest BCUT2D eigenvalue weighted by Gasteiger charge is 2.32. The first kappa shape index (κ1) is 26.9. The van der Waals surface area contributed by atoms with Crippen molar-refractivity contribution >= 4 is 27.5 Å². The van der Waals surface area contributed by atoms with Gasteiger partial charge in [-0.15, -0.1) is 0 Å². The third kappa shape index (κ3) is 6.28. The molecule has 190 valence electrons. The fourth-order valence-corrected chi connectivity index (χ4v) is 5.27. The number of hydrogen-bond acceptors (Lipinski definition) is 4. The van der Waals surface area contributed by atoms with Crippen LogP contribution in [0.3, 0.4) is 0 Å².